The molecule has 0 fully saturated rings. The fourth-order valence-corrected chi connectivity index (χ4v) is 3.14. The molecular weight excluding hydrogens is 378 g/mol. The molecule has 6 nitrogen and oxygen atoms in total. The summed E-state index contributed by atoms with van der Waals surface area (Å²) in [5.41, 5.74) is 3.77. The molecule has 28 heavy (non-hydrogen) atoms. The van der Waals surface area contributed by atoms with Gasteiger partial charge in [-0.25, -0.2) is 0 Å². The van der Waals surface area contributed by atoms with Gasteiger partial charge < -0.3 is 19.5 Å². The highest BCUT2D eigenvalue weighted by atomic mass is 35.5. The van der Waals surface area contributed by atoms with E-state index in [0.717, 1.165) is 22.5 Å². The summed E-state index contributed by atoms with van der Waals surface area (Å²) in [4.78, 5) is 4.69. The van der Waals surface area contributed by atoms with Crippen LogP contribution < -0.4 is 10.1 Å². The molecule has 146 valence electrons. The fourth-order valence-electron chi connectivity index (χ4n) is 2.91. The molecule has 0 amide bonds. The first-order valence-electron chi connectivity index (χ1n) is 9.06. The third-order valence-electron chi connectivity index (χ3n) is 4.24. The quantitative estimate of drug-likeness (QED) is 0.687. The molecule has 1 aliphatic rings. The summed E-state index contributed by atoms with van der Waals surface area (Å²) in [5.74, 6) is 0.518. The number of hydrogen-bond donors (Lipinski definition) is 1. The average molecular weight is 400 g/mol. The summed E-state index contributed by atoms with van der Waals surface area (Å²) in [7, 11) is 1.63. The summed E-state index contributed by atoms with van der Waals surface area (Å²) in [6.45, 7) is 3.12. The topological polar surface area (TPSA) is 75.9 Å². The minimum absolute atomic E-state index is 0.350. The van der Waals surface area contributed by atoms with E-state index in [1.165, 1.54) is 0 Å². The van der Waals surface area contributed by atoms with Crippen LogP contribution in [0.3, 0.4) is 0 Å². The molecule has 0 saturated carbocycles. The predicted octanol–water partition coefficient (Wildman–Crippen LogP) is 3.52. The van der Waals surface area contributed by atoms with Crippen molar-refractivity contribution in [2.45, 2.75) is 0 Å². The summed E-state index contributed by atoms with van der Waals surface area (Å²) in [6, 6.07) is 13.4. The SMILES string of the molecule is COCCOCCOc1cc2c(cc1C#N)C(c1ccccc1Cl)=NCCN2. The van der Waals surface area contributed by atoms with Gasteiger partial charge in [0, 0.05) is 41.6 Å². The number of benzene rings is 2. The summed E-state index contributed by atoms with van der Waals surface area (Å²) < 4.78 is 16.1. The van der Waals surface area contributed by atoms with E-state index >= 15 is 0 Å². The number of methoxy groups -OCH3 is 1. The molecule has 0 radical (unpaired) electrons. The van der Waals surface area contributed by atoms with Gasteiger partial charge in [0.1, 0.15) is 18.4 Å². The van der Waals surface area contributed by atoms with Gasteiger partial charge in [0.2, 0.25) is 0 Å². The second kappa shape index (κ2) is 10.1. The molecule has 0 atom stereocenters. The first kappa shape index (κ1) is 20.2. The minimum atomic E-state index is 0.350. The lowest BCUT2D eigenvalue weighted by Gasteiger charge is -2.15. The number of anilines is 1. The van der Waals surface area contributed by atoms with E-state index in [4.69, 9.17) is 30.8 Å². The monoisotopic (exact) mass is 399 g/mol. The largest absolute Gasteiger partial charge is 0.490 e. The zero-order valence-corrected chi connectivity index (χ0v) is 16.5. The third-order valence-corrected chi connectivity index (χ3v) is 4.57. The van der Waals surface area contributed by atoms with E-state index in [2.05, 4.69) is 11.4 Å². The van der Waals surface area contributed by atoms with Crippen molar-refractivity contribution >= 4 is 23.0 Å². The van der Waals surface area contributed by atoms with E-state index in [1.54, 1.807) is 13.2 Å². The molecule has 1 N–H and O–H groups in total. The lowest BCUT2D eigenvalue weighted by molar-refractivity contribution is 0.0544. The number of nitrogens with zero attached hydrogens (tertiary/aromatic N) is 2. The molecule has 0 aromatic heterocycles. The standard InChI is InChI=1S/C21H22ClN3O3/c1-26-8-9-27-10-11-28-20-13-19-17(12-15(20)14-23)21(25-7-6-24-19)16-4-2-3-5-18(16)22/h2-5,12-13,24H,6-11H2,1H3. The summed E-state index contributed by atoms with van der Waals surface area (Å²) in [6.07, 6.45) is 0. The predicted molar refractivity (Wildman–Crippen MR) is 110 cm³/mol. The first-order chi connectivity index (χ1) is 13.7. The molecule has 2 aromatic rings. The van der Waals surface area contributed by atoms with Gasteiger partial charge >= 0.3 is 0 Å². The van der Waals surface area contributed by atoms with Crippen LogP contribution >= 0.6 is 11.6 Å². The number of aliphatic imine (C=N–C) groups is 1. The van der Waals surface area contributed by atoms with Gasteiger partial charge in [0.05, 0.1) is 37.6 Å². The molecule has 0 saturated heterocycles. The zero-order chi connectivity index (χ0) is 19.8. The van der Waals surface area contributed by atoms with Gasteiger partial charge in [-0.15, -0.1) is 0 Å². The third kappa shape index (κ3) is 4.82. The van der Waals surface area contributed by atoms with Crippen LogP contribution in [0.4, 0.5) is 5.69 Å². The Morgan fingerprint density at radius 1 is 1.14 bits per heavy atom. The van der Waals surface area contributed by atoms with Gasteiger partial charge in [-0.3, -0.25) is 4.99 Å². The van der Waals surface area contributed by atoms with Crippen molar-refractivity contribution in [1.29, 1.82) is 5.26 Å². The second-order valence-electron chi connectivity index (χ2n) is 6.10. The maximum Gasteiger partial charge on any atom is 0.139 e. The number of rotatable bonds is 8. The van der Waals surface area contributed by atoms with Gasteiger partial charge in [0.25, 0.3) is 0 Å². The second-order valence-corrected chi connectivity index (χ2v) is 6.50. The Kier molecular flexibility index (Phi) is 7.26. The number of nitrogens with one attached hydrogen (secondary N) is 1. The molecule has 0 unspecified atom stereocenters. The van der Waals surface area contributed by atoms with Crippen molar-refractivity contribution < 1.29 is 14.2 Å². The lowest BCUT2D eigenvalue weighted by atomic mass is 9.98. The van der Waals surface area contributed by atoms with Crippen LogP contribution in [0.5, 0.6) is 5.75 Å². The molecule has 0 spiro atoms. The van der Waals surface area contributed by atoms with E-state index in [1.807, 2.05) is 30.3 Å². The summed E-state index contributed by atoms with van der Waals surface area (Å²) >= 11 is 6.39. The Hall–Kier alpha value is -2.59. The minimum Gasteiger partial charge on any atom is -0.490 e. The van der Waals surface area contributed by atoms with Crippen LogP contribution in [0.25, 0.3) is 0 Å². The number of ether oxygens (including phenoxy) is 3. The van der Waals surface area contributed by atoms with Gasteiger partial charge in [-0.1, -0.05) is 29.8 Å². The fraction of sp³-hybridized carbons (Fsp3) is 0.333. The number of halogens is 1. The van der Waals surface area contributed by atoms with Crippen molar-refractivity contribution in [2.75, 3.05) is 51.9 Å². The molecule has 7 heteroatoms. The van der Waals surface area contributed by atoms with Gasteiger partial charge in [-0.05, 0) is 12.1 Å². The molecule has 1 aliphatic heterocycles. The first-order valence-corrected chi connectivity index (χ1v) is 9.43. The van der Waals surface area contributed by atoms with E-state index in [9.17, 15) is 5.26 Å². The Labute approximate surface area is 169 Å². The molecule has 3 rings (SSSR count). The number of nitriles is 1. The van der Waals surface area contributed by atoms with Gasteiger partial charge in [0.15, 0.2) is 0 Å². The molecule has 0 aliphatic carbocycles. The number of benzodiazepines with no additional fused rings is 1. The average Bonchev–Trinajstić information content (AvgIpc) is 2.92. The smallest absolute Gasteiger partial charge is 0.139 e. The zero-order valence-electron chi connectivity index (χ0n) is 15.7. The Balaban J connectivity index is 1.85. The van der Waals surface area contributed by atoms with Crippen molar-refractivity contribution in [1.82, 2.24) is 0 Å². The molecule has 0 bridgehead atoms. The van der Waals surface area contributed by atoms with E-state index in [0.29, 0.717) is 55.9 Å². The molecule has 2 aromatic carbocycles. The van der Waals surface area contributed by atoms with Crippen LogP contribution in [-0.2, 0) is 9.47 Å². The van der Waals surface area contributed by atoms with Crippen LogP contribution in [0.15, 0.2) is 41.4 Å². The van der Waals surface area contributed by atoms with Crippen LogP contribution in [0.1, 0.15) is 16.7 Å². The van der Waals surface area contributed by atoms with E-state index < -0.39 is 0 Å². The Bertz CT molecular complexity index is 893. The van der Waals surface area contributed by atoms with Crippen molar-refractivity contribution in [2.24, 2.45) is 4.99 Å². The van der Waals surface area contributed by atoms with Crippen molar-refractivity contribution in [3.8, 4) is 11.8 Å². The highest BCUT2D eigenvalue weighted by molar-refractivity contribution is 6.35. The number of fused-ring (bicyclic) bond motifs is 1. The van der Waals surface area contributed by atoms with Crippen LogP contribution in [-0.4, -0.2) is 52.3 Å². The van der Waals surface area contributed by atoms with Gasteiger partial charge in [-0.2, -0.15) is 5.26 Å². The van der Waals surface area contributed by atoms with Crippen LogP contribution in [0, 0.1) is 11.3 Å². The maximum absolute atomic E-state index is 9.61. The van der Waals surface area contributed by atoms with Crippen molar-refractivity contribution in [3.05, 3.63) is 58.1 Å². The maximum atomic E-state index is 9.61. The van der Waals surface area contributed by atoms with E-state index in [-0.39, 0.29) is 0 Å². The Morgan fingerprint density at radius 2 is 1.96 bits per heavy atom. The Morgan fingerprint density at radius 3 is 2.75 bits per heavy atom. The highest BCUT2D eigenvalue weighted by Gasteiger charge is 2.20. The summed E-state index contributed by atoms with van der Waals surface area (Å²) in [5, 5.41) is 13.6. The molecular formula is C21H22ClN3O3. The number of hydrogen-bond acceptors (Lipinski definition) is 6. The van der Waals surface area contributed by atoms with Crippen LogP contribution in [0.2, 0.25) is 5.02 Å². The highest BCUT2D eigenvalue weighted by Crippen LogP contribution is 2.32. The normalized spacial score (nSPS) is 13.0. The lowest BCUT2D eigenvalue weighted by Crippen LogP contribution is -2.12. The molecule has 1 heterocycles. The van der Waals surface area contributed by atoms with Crippen molar-refractivity contribution in [3.63, 3.8) is 0 Å².